The number of aliphatic hydroxyl groups is 1. The highest BCUT2D eigenvalue weighted by molar-refractivity contribution is 6.08. The van der Waals surface area contributed by atoms with Crippen molar-refractivity contribution in [3.8, 4) is 0 Å². The van der Waals surface area contributed by atoms with Crippen LogP contribution in [0.15, 0.2) is 12.4 Å². The number of rotatable bonds is 3. The molecule has 0 radical (unpaired) electrons. The lowest BCUT2D eigenvalue weighted by molar-refractivity contribution is -0.0902. The van der Waals surface area contributed by atoms with Gasteiger partial charge in [-0.25, -0.2) is 4.98 Å². The Hall–Kier alpha value is -2.08. The van der Waals surface area contributed by atoms with Crippen LogP contribution in [0.5, 0.6) is 0 Å². The molecule has 5 aliphatic rings. The molecule has 6 heteroatoms. The minimum Gasteiger partial charge on any atom is -0.396 e. The fourth-order valence-electron chi connectivity index (χ4n) is 7.48. The molecule has 136 valence electrons. The molecule has 4 bridgehead atoms. The molecule has 0 saturated heterocycles. The van der Waals surface area contributed by atoms with Crippen molar-refractivity contribution >= 4 is 22.6 Å². The minimum atomic E-state index is -0.425. The van der Waals surface area contributed by atoms with Crippen LogP contribution in [-0.2, 0) is 5.41 Å². The number of carbonyl (C=O) groups is 1. The van der Waals surface area contributed by atoms with Crippen LogP contribution in [-0.4, -0.2) is 33.6 Å². The maximum absolute atomic E-state index is 12.0. The lowest BCUT2D eigenvalue weighted by atomic mass is 9.40. The molecule has 5 atom stereocenters. The number of carbonyl (C=O) groups excluding carboxylic acids is 1. The van der Waals surface area contributed by atoms with Gasteiger partial charge < -0.3 is 21.1 Å². The molecule has 1 aliphatic heterocycles. The van der Waals surface area contributed by atoms with E-state index in [9.17, 15) is 9.90 Å². The number of primary amides is 1. The summed E-state index contributed by atoms with van der Waals surface area (Å²) in [7, 11) is 0. The van der Waals surface area contributed by atoms with Gasteiger partial charge in [0.05, 0.1) is 11.3 Å². The van der Waals surface area contributed by atoms with Crippen LogP contribution < -0.4 is 11.1 Å². The molecule has 1 unspecified atom stereocenters. The number of anilines is 1. The average molecular weight is 352 g/mol. The van der Waals surface area contributed by atoms with Crippen molar-refractivity contribution in [3.63, 3.8) is 0 Å². The van der Waals surface area contributed by atoms with Gasteiger partial charge in [0.1, 0.15) is 5.65 Å². The van der Waals surface area contributed by atoms with Crippen LogP contribution in [0.1, 0.15) is 54.4 Å². The largest absolute Gasteiger partial charge is 0.396 e. The molecule has 1 amide bonds. The Labute approximate surface area is 151 Å². The van der Waals surface area contributed by atoms with Gasteiger partial charge in [0.2, 0.25) is 0 Å². The quantitative estimate of drug-likeness (QED) is 0.680. The van der Waals surface area contributed by atoms with Crippen LogP contribution in [0.3, 0.4) is 0 Å². The van der Waals surface area contributed by atoms with Crippen molar-refractivity contribution < 1.29 is 9.90 Å². The lowest BCUT2D eigenvalue weighted by Crippen LogP contribution is -2.65. The van der Waals surface area contributed by atoms with Crippen LogP contribution in [0, 0.1) is 17.3 Å². The van der Waals surface area contributed by atoms with E-state index in [4.69, 9.17) is 5.73 Å². The van der Waals surface area contributed by atoms with Crippen molar-refractivity contribution in [3.05, 3.63) is 23.5 Å². The topological polar surface area (TPSA) is 104 Å². The third-order valence-corrected chi connectivity index (χ3v) is 7.91. The summed E-state index contributed by atoms with van der Waals surface area (Å²) in [5.41, 5.74) is 9.51. The number of pyridine rings is 1. The van der Waals surface area contributed by atoms with Gasteiger partial charge in [-0.15, -0.1) is 0 Å². The highest BCUT2D eigenvalue weighted by Crippen LogP contribution is 2.69. The van der Waals surface area contributed by atoms with E-state index in [1.165, 1.54) is 31.2 Å². The highest BCUT2D eigenvalue weighted by Gasteiger charge is 2.64. The Bertz CT molecular complexity index is 953. The third kappa shape index (κ3) is 1.62. The SMILES string of the molecule is NC(=O)c1cnc2[nH]cc3c2c1NC1[C@@H]2C[C@H]4C[C@@](CCO)(C2)C[C@@]31C4. The van der Waals surface area contributed by atoms with Gasteiger partial charge in [0.25, 0.3) is 5.91 Å². The zero-order valence-electron chi connectivity index (χ0n) is 14.7. The molecule has 3 heterocycles. The van der Waals surface area contributed by atoms with Gasteiger partial charge in [-0.2, -0.15) is 0 Å². The number of nitrogens with two attached hydrogens (primary N) is 1. The molecule has 5 N–H and O–H groups in total. The lowest BCUT2D eigenvalue weighted by Gasteiger charge is -2.67. The maximum atomic E-state index is 12.0. The summed E-state index contributed by atoms with van der Waals surface area (Å²) in [5.74, 6) is 0.909. The van der Waals surface area contributed by atoms with Gasteiger partial charge in [0.15, 0.2) is 0 Å². The molecule has 7 rings (SSSR count). The predicted molar refractivity (Wildman–Crippen MR) is 97.9 cm³/mol. The first-order valence-corrected chi connectivity index (χ1v) is 9.73. The molecule has 26 heavy (non-hydrogen) atoms. The van der Waals surface area contributed by atoms with Crippen LogP contribution in [0.25, 0.3) is 11.0 Å². The Balaban J connectivity index is 1.61. The van der Waals surface area contributed by atoms with Gasteiger partial charge in [-0.05, 0) is 61.3 Å². The summed E-state index contributed by atoms with van der Waals surface area (Å²) in [6, 6.07) is 0.345. The van der Waals surface area contributed by atoms with Crippen molar-refractivity contribution in [1.29, 1.82) is 0 Å². The van der Waals surface area contributed by atoms with E-state index in [1.54, 1.807) is 6.20 Å². The zero-order chi connectivity index (χ0) is 17.7. The zero-order valence-corrected chi connectivity index (χ0v) is 14.7. The number of amides is 1. The number of H-pyrrole nitrogens is 1. The molecular weight excluding hydrogens is 328 g/mol. The first kappa shape index (κ1) is 15.0. The Morgan fingerprint density at radius 3 is 3.08 bits per heavy atom. The highest BCUT2D eigenvalue weighted by atomic mass is 16.3. The Morgan fingerprint density at radius 1 is 1.38 bits per heavy atom. The predicted octanol–water partition coefficient (Wildman–Crippen LogP) is 2.29. The molecule has 4 saturated carbocycles. The second kappa shape index (κ2) is 4.60. The molecule has 1 spiro atoms. The monoisotopic (exact) mass is 352 g/mol. The van der Waals surface area contributed by atoms with E-state index in [-0.39, 0.29) is 17.4 Å². The summed E-state index contributed by atoms with van der Waals surface area (Å²) >= 11 is 0. The molecule has 2 aromatic heterocycles. The van der Waals surface area contributed by atoms with E-state index >= 15 is 0 Å². The summed E-state index contributed by atoms with van der Waals surface area (Å²) in [4.78, 5) is 19.8. The fraction of sp³-hybridized carbons (Fsp3) is 0.600. The molecule has 4 aliphatic carbocycles. The number of aromatic amines is 1. The maximum Gasteiger partial charge on any atom is 0.252 e. The summed E-state index contributed by atoms with van der Waals surface area (Å²) in [6.45, 7) is 0.278. The van der Waals surface area contributed by atoms with E-state index < -0.39 is 5.91 Å². The van der Waals surface area contributed by atoms with Gasteiger partial charge in [-0.1, -0.05) is 0 Å². The first-order valence-electron chi connectivity index (χ1n) is 9.73. The average Bonchev–Trinajstić information content (AvgIpc) is 3.02. The smallest absolute Gasteiger partial charge is 0.252 e. The number of hydrogen-bond donors (Lipinski definition) is 4. The van der Waals surface area contributed by atoms with E-state index in [0.29, 0.717) is 17.5 Å². The van der Waals surface area contributed by atoms with E-state index in [1.807, 2.05) is 0 Å². The van der Waals surface area contributed by atoms with Crippen LogP contribution >= 0.6 is 0 Å². The second-order valence-corrected chi connectivity index (χ2v) is 9.24. The minimum absolute atomic E-state index is 0.0858. The first-order chi connectivity index (χ1) is 12.6. The molecule has 2 aromatic rings. The van der Waals surface area contributed by atoms with E-state index in [0.717, 1.165) is 35.5 Å². The van der Waals surface area contributed by atoms with Crippen molar-refractivity contribution in [2.75, 3.05) is 11.9 Å². The second-order valence-electron chi connectivity index (χ2n) is 9.24. The van der Waals surface area contributed by atoms with Gasteiger partial charge >= 0.3 is 0 Å². The van der Waals surface area contributed by atoms with Gasteiger partial charge in [-0.3, -0.25) is 4.79 Å². The number of nitrogens with zero attached hydrogens (tertiary/aromatic N) is 1. The van der Waals surface area contributed by atoms with Crippen molar-refractivity contribution in [2.24, 2.45) is 23.0 Å². The molecular formula is C20H24N4O2. The summed E-state index contributed by atoms with van der Waals surface area (Å²) < 4.78 is 0. The number of nitrogens with one attached hydrogen (secondary N) is 2. The molecule has 4 fully saturated rings. The fourth-order valence-corrected chi connectivity index (χ4v) is 7.48. The van der Waals surface area contributed by atoms with Crippen LogP contribution in [0.4, 0.5) is 5.69 Å². The number of aliphatic hydroxyl groups excluding tert-OH is 1. The normalized spacial score (nSPS) is 39.0. The summed E-state index contributed by atoms with van der Waals surface area (Å²) in [6.07, 6.45) is 10.6. The Morgan fingerprint density at radius 2 is 2.27 bits per heavy atom. The number of aromatic nitrogens is 2. The summed E-state index contributed by atoms with van der Waals surface area (Å²) in [5, 5.41) is 14.5. The van der Waals surface area contributed by atoms with Crippen molar-refractivity contribution in [1.82, 2.24) is 9.97 Å². The third-order valence-electron chi connectivity index (χ3n) is 7.91. The van der Waals surface area contributed by atoms with E-state index in [2.05, 4.69) is 21.5 Å². The molecule has 0 aromatic carbocycles. The number of hydrogen-bond acceptors (Lipinski definition) is 4. The molecule has 6 nitrogen and oxygen atoms in total. The van der Waals surface area contributed by atoms with Gasteiger partial charge in [0, 0.05) is 35.8 Å². The Kier molecular flexibility index (Phi) is 2.66. The van der Waals surface area contributed by atoms with Crippen molar-refractivity contribution in [2.45, 2.75) is 50.0 Å². The standard InChI is InChI=1S/C20H24N4O2/c21-17(26)12-7-22-18-14-13(8-23-18)20-5-10-3-11(16(20)24-15(12)14)6-19(4-10,9-20)1-2-25/h7-8,10-11,16,24-25H,1-6,9H2,(H2,21,26)(H,22,23)/t10-,11+,16?,19-,20-/m0/s1. The van der Waals surface area contributed by atoms with Crippen LogP contribution in [0.2, 0.25) is 0 Å².